The molecular formula is C10H14BCl. The Morgan fingerprint density at radius 1 is 1.58 bits per heavy atom. The van der Waals surface area contributed by atoms with E-state index in [2.05, 4.69) is 26.0 Å². The first-order chi connectivity index (χ1) is 6.15. The van der Waals surface area contributed by atoms with Crippen molar-refractivity contribution in [1.82, 2.24) is 0 Å². The fourth-order valence-corrected chi connectivity index (χ4v) is 1.62. The van der Waals surface area contributed by atoms with Gasteiger partial charge in [-0.2, -0.15) is 0 Å². The molecule has 0 spiro atoms. The Morgan fingerprint density at radius 2 is 2.33 bits per heavy atom. The van der Waals surface area contributed by atoms with Crippen LogP contribution in [0.4, 0.5) is 0 Å². The van der Waals surface area contributed by atoms with Gasteiger partial charge in [0, 0.05) is 5.02 Å². The number of hydrogen-bond donors (Lipinski definition) is 0. The van der Waals surface area contributed by atoms with Crippen molar-refractivity contribution in [2.45, 2.75) is 26.1 Å². The highest BCUT2D eigenvalue weighted by molar-refractivity contribution is 6.31. The second-order valence-electron chi connectivity index (χ2n) is 3.26. The summed E-state index contributed by atoms with van der Waals surface area (Å²) in [7, 11) is 0.428. The Hall–Kier alpha value is -0.425. The minimum absolute atomic E-state index is 0.428. The van der Waals surface area contributed by atoms with E-state index in [0.29, 0.717) is 13.7 Å². The van der Waals surface area contributed by atoms with E-state index in [1.54, 1.807) is 0 Å². The molecule has 0 saturated carbocycles. The van der Waals surface area contributed by atoms with Crippen molar-refractivity contribution in [3.05, 3.63) is 34.3 Å². The van der Waals surface area contributed by atoms with E-state index in [9.17, 15) is 0 Å². The minimum Gasteiger partial charge on any atom is -0.0840 e. The zero-order valence-corrected chi connectivity index (χ0v) is 8.36. The summed E-state index contributed by atoms with van der Waals surface area (Å²) in [5, 5.41) is 0.834. The first-order valence-electron chi connectivity index (χ1n) is 4.93. The number of rotatable bonds is 3. The van der Waals surface area contributed by atoms with Crippen LogP contribution >= 0.6 is 11.6 Å². The van der Waals surface area contributed by atoms with Gasteiger partial charge in [-0.3, -0.25) is 0 Å². The smallest absolute Gasteiger partial charge is 0.0840 e. The van der Waals surface area contributed by atoms with Crippen LogP contribution in [0, 0.1) is 0 Å². The van der Waals surface area contributed by atoms with Gasteiger partial charge in [0.05, 0.1) is 0 Å². The van der Waals surface area contributed by atoms with Gasteiger partial charge in [-0.1, -0.05) is 49.5 Å². The molecule has 0 fully saturated rings. The summed E-state index contributed by atoms with van der Waals surface area (Å²) in [6.07, 6.45) is 0.790. The Morgan fingerprint density at radius 3 is 2.83 bits per heavy atom. The van der Waals surface area contributed by atoms with Gasteiger partial charge in [-0.05, 0) is 18.9 Å². The molecule has 0 unspecified atom stereocenters. The highest BCUT2D eigenvalue weighted by Gasteiger charge is 2.04. The molecular weight excluding hydrogens is 166 g/mol. The molecule has 64 valence electrons. The molecule has 12 heavy (non-hydrogen) atoms. The quantitative estimate of drug-likeness (QED) is 0.629. The molecule has 0 heterocycles. The van der Waals surface area contributed by atoms with Crippen molar-refractivity contribution in [3.63, 3.8) is 0 Å². The highest BCUT2D eigenvalue weighted by Crippen LogP contribution is 2.24. The molecule has 1 aromatic carbocycles. The predicted octanol–water partition coefficient (Wildman–Crippen LogP) is 2.60. The fourth-order valence-electron chi connectivity index (χ4n) is 1.19. The van der Waals surface area contributed by atoms with Crippen LogP contribution in [0.2, 0.25) is 5.02 Å². The molecule has 1 rings (SSSR count). The Bertz CT molecular complexity index is 286. The molecule has 0 aromatic heterocycles. The molecule has 0 nitrogen and oxygen atoms in total. The molecule has 2 heteroatoms. The maximum Gasteiger partial charge on any atom is 0.107 e. The molecule has 0 amide bonds. The summed E-state index contributed by atoms with van der Waals surface area (Å²) >= 11 is 6.10. The van der Waals surface area contributed by atoms with E-state index in [0.717, 1.165) is 16.9 Å². The van der Waals surface area contributed by atoms with Crippen molar-refractivity contribution in [3.8, 4) is 0 Å². The van der Waals surface area contributed by atoms with Crippen LogP contribution in [0.3, 0.4) is 0 Å². The zero-order valence-electron chi connectivity index (χ0n) is 8.60. The lowest BCUT2D eigenvalue weighted by atomic mass is 9.94. The van der Waals surface area contributed by atoms with E-state index >= 15 is 0 Å². The lowest BCUT2D eigenvalue weighted by Gasteiger charge is -2.08. The third kappa shape index (κ3) is 2.04. The molecule has 0 radical (unpaired) electrons. The van der Waals surface area contributed by atoms with Gasteiger partial charge in [0.25, 0.3) is 0 Å². The summed E-state index contributed by atoms with van der Waals surface area (Å²) < 4.78 is 7.11. The number of benzene rings is 1. The summed E-state index contributed by atoms with van der Waals surface area (Å²) in [4.78, 5) is 0. The second-order valence-corrected chi connectivity index (χ2v) is 3.67. The lowest BCUT2D eigenvalue weighted by Crippen LogP contribution is -1.91. The van der Waals surface area contributed by atoms with Crippen molar-refractivity contribution in [2.75, 3.05) is 0 Å². The normalized spacial score (nSPS) is 11.5. The predicted molar refractivity (Wildman–Crippen MR) is 57.8 cm³/mol. The van der Waals surface area contributed by atoms with Gasteiger partial charge in [-0.25, -0.2) is 0 Å². The summed E-state index contributed by atoms with van der Waals surface area (Å²) in [5.41, 5.74) is 2.35. The summed E-state index contributed by atoms with van der Waals surface area (Å²) in [6, 6.07) is 6.11. The van der Waals surface area contributed by atoms with Crippen molar-refractivity contribution < 1.29 is 0 Å². The highest BCUT2D eigenvalue weighted by atomic mass is 35.5. The average molecular weight is 181 g/mol. The first-order valence-corrected chi connectivity index (χ1v) is 4.60. The van der Waals surface area contributed by atoms with E-state index < -0.39 is 0 Å². The molecule has 0 aliphatic rings. The van der Waals surface area contributed by atoms with Gasteiger partial charge < -0.3 is 0 Å². The standard InChI is InChI=1S/C10H14BCl/c1-7(2)9-4-3-8(6-11)5-10(9)12/h3-5,7H,6,11H2,1-2H3/i11D. The van der Waals surface area contributed by atoms with Crippen LogP contribution in [-0.2, 0) is 6.32 Å². The molecule has 0 N–H and O–H groups in total. The largest absolute Gasteiger partial charge is 0.107 e. The van der Waals surface area contributed by atoms with Crippen LogP contribution in [0.25, 0.3) is 0 Å². The Balaban J connectivity index is 2.92. The third-order valence-corrected chi connectivity index (χ3v) is 2.30. The van der Waals surface area contributed by atoms with Gasteiger partial charge in [-0.15, -0.1) is 0 Å². The Kier molecular flexibility index (Phi) is 2.73. The summed E-state index contributed by atoms with van der Waals surface area (Å²) in [5.74, 6) is 0.470. The molecule has 0 bridgehead atoms. The molecule has 0 atom stereocenters. The molecule has 0 saturated heterocycles. The molecule has 0 aliphatic heterocycles. The lowest BCUT2D eigenvalue weighted by molar-refractivity contribution is 0.866. The van der Waals surface area contributed by atoms with Gasteiger partial charge in [0.1, 0.15) is 7.81 Å². The van der Waals surface area contributed by atoms with Crippen molar-refractivity contribution >= 4 is 19.4 Å². The second kappa shape index (κ2) is 4.00. The van der Waals surface area contributed by atoms with Crippen LogP contribution in [-0.4, -0.2) is 9.15 Å². The van der Waals surface area contributed by atoms with E-state index in [1.165, 1.54) is 5.56 Å². The first kappa shape index (κ1) is 8.19. The van der Waals surface area contributed by atoms with Crippen LogP contribution in [0.15, 0.2) is 18.2 Å². The third-order valence-electron chi connectivity index (χ3n) is 1.98. The van der Waals surface area contributed by atoms with E-state index in [1.807, 2.05) is 6.07 Å². The van der Waals surface area contributed by atoms with Gasteiger partial charge in [0.15, 0.2) is 0 Å². The van der Waals surface area contributed by atoms with Crippen molar-refractivity contribution in [2.24, 2.45) is 0 Å². The topological polar surface area (TPSA) is 0 Å². The van der Waals surface area contributed by atoms with Crippen molar-refractivity contribution in [1.29, 1.82) is 1.34 Å². The maximum atomic E-state index is 7.11. The SMILES string of the molecule is [2H]BCc1ccc(C(C)C)c(Cl)c1. The zero-order chi connectivity index (χ0) is 9.84. The number of hydrogen-bond acceptors (Lipinski definition) is 0. The van der Waals surface area contributed by atoms with Crippen LogP contribution < -0.4 is 0 Å². The van der Waals surface area contributed by atoms with E-state index in [4.69, 9.17) is 12.9 Å². The van der Waals surface area contributed by atoms with Crippen LogP contribution in [0.5, 0.6) is 0 Å². The number of halogens is 1. The van der Waals surface area contributed by atoms with Gasteiger partial charge in [0.2, 0.25) is 0 Å². The Labute approximate surface area is 81.7 Å². The average Bonchev–Trinajstić information content (AvgIpc) is 2.04. The van der Waals surface area contributed by atoms with E-state index in [-0.39, 0.29) is 0 Å². The summed E-state index contributed by atoms with van der Waals surface area (Å²) in [6.45, 7) is 4.26. The van der Waals surface area contributed by atoms with Crippen LogP contribution in [0.1, 0.15) is 30.9 Å². The molecule has 0 aliphatic carbocycles. The maximum absolute atomic E-state index is 7.11. The molecule has 1 aromatic rings. The monoisotopic (exact) mass is 181 g/mol. The van der Waals surface area contributed by atoms with Gasteiger partial charge >= 0.3 is 0 Å². The fraction of sp³-hybridized carbons (Fsp3) is 0.400. The minimum atomic E-state index is 0.428.